The molecule has 1 atom stereocenters. The van der Waals surface area contributed by atoms with Gasteiger partial charge in [0.2, 0.25) is 0 Å². The predicted octanol–water partition coefficient (Wildman–Crippen LogP) is 3.73. The van der Waals surface area contributed by atoms with Gasteiger partial charge in [-0.15, -0.1) is 0 Å². The molecule has 0 aliphatic carbocycles. The molecule has 0 aromatic heterocycles. The molecule has 0 unspecified atom stereocenters. The average Bonchev–Trinajstić information content (AvgIpc) is 2.57. The maximum Gasteiger partial charge on any atom is 0.293 e. The fourth-order valence-electron chi connectivity index (χ4n) is 2.54. The van der Waals surface area contributed by atoms with E-state index in [0.717, 1.165) is 17.2 Å². The van der Waals surface area contributed by atoms with Crippen LogP contribution in [-0.4, -0.2) is 19.4 Å². The first kappa shape index (κ1) is 20.2. The van der Waals surface area contributed by atoms with E-state index >= 15 is 0 Å². The average molecular weight is 388 g/mol. The van der Waals surface area contributed by atoms with Crippen molar-refractivity contribution in [3.05, 3.63) is 57.6 Å². The van der Waals surface area contributed by atoms with Gasteiger partial charge >= 0.3 is 0 Å². The van der Waals surface area contributed by atoms with Crippen molar-refractivity contribution >= 4 is 27.1 Å². The summed E-state index contributed by atoms with van der Waals surface area (Å²) in [5.41, 5.74) is 1.94. The fourth-order valence-corrected chi connectivity index (χ4v) is 3.69. The molecular weight excluding hydrogens is 368 g/mol. The third-order valence-corrected chi connectivity index (χ3v) is 5.26. The highest BCUT2D eigenvalue weighted by Gasteiger charge is 2.22. The van der Waals surface area contributed by atoms with Crippen LogP contribution in [0.15, 0.2) is 41.3 Å². The molecule has 0 spiro atoms. The van der Waals surface area contributed by atoms with Gasteiger partial charge in [0.05, 0.1) is 28.0 Å². The molecule has 2 rings (SSSR count). The van der Waals surface area contributed by atoms with E-state index in [1.54, 1.807) is 26.0 Å². The summed E-state index contributed by atoms with van der Waals surface area (Å²) in [6.45, 7) is 5.38. The number of hydrogen-bond donors (Lipinski definition) is 2. The van der Waals surface area contributed by atoms with Crippen LogP contribution >= 0.6 is 0 Å². The lowest BCUT2D eigenvalue weighted by atomic mass is 10.1. The molecule has 0 bridgehead atoms. The van der Waals surface area contributed by atoms with Gasteiger partial charge in [0.1, 0.15) is 5.69 Å². The third-order valence-electron chi connectivity index (χ3n) is 3.90. The summed E-state index contributed by atoms with van der Waals surface area (Å²) in [5, 5.41) is 22.9. The molecule has 0 aliphatic rings. The van der Waals surface area contributed by atoms with Crippen molar-refractivity contribution in [2.45, 2.75) is 38.1 Å². The molecule has 0 amide bonds. The van der Waals surface area contributed by atoms with E-state index in [2.05, 4.69) is 10.0 Å². The Morgan fingerprint density at radius 1 is 1.19 bits per heavy atom. The molecule has 0 saturated carbocycles. The second-order valence-corrected chi connectivity index (χ2v) is 7.95. The standard InChI is InChI=1S/C18H20N4O4S/c1-12-4-6-16(13(2)10-12)21-27(25,26)15-5-7-17(18(11-15)22(23)24)20-14(3)8-9-19/h4-7,10-11,14,20-21H,8H2,1-3H3/t14-/m1/s1. The smallest absolute Gasteiger partial charge is 0.293 e. The number of hydrogen-bond acceptors (Lipinski definition) is 6. The van der Waals surface area contributed by atoms with Crippen LogP contribution in [0.1, 0.15) is 24.5 Å². The Balaban J connectivity index is 2.38. The molecule has 9 heteroatoms. The minimum absolute atomic E-state index is 0.158. The molecule has 142 valence electrons. The lowest BCUT2D eigenvalue weighted by Crippen LogP contribution is -2.17. The Hall–Kier alpha value is -3.12. The second-order valence-electron chi connectivity index (χ2n) is 6.27. The zero-order chi connectivity index (χ0) is 20.2. The number of benzene rings is 2. The maximum atomic E-state index is 12.7. The molecule has 2 aromatic rings. The Labute approximate surface area is 158 Å². The first-order chi connectivity index (χ1) is 12.6. The summed E-state index contributed by atoms with van der Waals surface area (Å²) in [6, 6.07) is 10.6. The summed E-state index contributed by atoms with van der Waals surface area (Å²) < 4.78 is 27.8. The first-order valence-corrected chi connectivity index (χ1v) is 9.64. The van der Waals surface area contributed by atoms with E-state index < -0.39 is 14.9 Å². The maximum absolute atomic E-state index is 12.7. The van der Waals surface area contributed by atoms with Crippen LogP contribution in [-0.2, 0) is 10.0 Å². The fraction of sp³-hybridized carbons (Fsp3) is 0.278. The van der Waals surface area contributed by atoms with Gasteiger partial charge in [0, 0.05) is 12.1 Å². The summed E-state index contributed by atoms with van der Waals surface area (Å²) in [7, 11) is -3.99. The zero-order valence-corrected chi connectivity index (χ0v) is 16.0. The van der Waals surface area contributed by atoms with Crippen LogP contribution in [0.3, 0.4) is 0 Å². The highest BCUT2D eigenvalue weighted by atomic mass is 32.2. The highest BCUT2D eigenvalue weighted by molar-refractivity contribution is 7.92. The predicted molar refractivity (Wildman–Crippen MR) is 103 cm³/mol. The lowest BCUT2D eigenvalue weighted by molar-refractivity contribution is -0.384. The van der Waals surface area contributed by atoms with Crippen molar-refractivity contribution in [2.24, 2.45) is 0 Å². The monoisotopic (exact) mass is 388 g/mol. The normalized spacial score (nSPS) is 12.1. The minimum atomic E-state index is -3.99. The van der Waals surface area contributed by atoms with Gasteiger partial charge in [-0.2, -0.15) is 5.26 Å². The van der Waals surface area contributed by atoms with Gasteiger partial charge < -0.3 is 5.32 Å². The third kappa shape index (κ3) is 4.95. The largest absolute Gasteiger partial charge is 0.376 e. The molecule has 0 saturated heterocycles. The molecular formula is C18H20N4O4S. The number of nitrogens with zero attached hydrogens (tertiary/aromatic N) is 2. The molecule has 27 heavy (non-hydrogen) atoms. The first-order valence-electron chi connectivity index (χ1n) is 8.16. The Morgan fingerprint density at radius 3 is 2.44 bits per heavy atom. The highest BCUT2D eigenvalue weighted by Crippen LogP contribution is 2.29. The number of rotatable bonds is 7. The Bertz CT molecular complexity index is 1010. The van der Waals surface area contributed by atoms with Crippen LogP contribution in [0.4, 0.5) is 17.1 Å². The quantitative estimate of drug-likeness (QED) is 0.550. The van der Waals surface area contributed by atoms with Crippen LogP contribution in [0.5, 0.6) is 0 Å². The summed E-state index contributed by atoms with van der Waals surface area (Å²) in [6.07, 6.45) is 0.158. The van der Waals surface area contributed by atoms with Crippen molar-refractivity contribution in [2.75, 3.05) is 10.0 Å². The molecule has 0 aliphatic heterocycles. The van der Waals surface area contributed by atoms with E-state index in [9.17, 15) is 18.5 Å². The van der Waals surface area contributed by atoms with Crippen LogP contribution < -0.4 is 10.0 Å². The van der Waals surface area contributed by atoms with E-state index in [-0.39, 0.29) is 28.7 Å². The van der Waals surface area contributed by atoms with E-state index in [4.69, 9.17) is 5.26 Å². The minimum Gasteiger partial charge on any atom is -0.376 e. The van der Waals surface area contributed by atoms with Crippen molar-refractivity contribution in [3.8, 4) is 6.07 Å². The van der Waals surface area contributed by atoms with Gasteiger partial charge in [0.15, 0.2) is 0 Å². The Morgan fingerprint density at radius 2 is 1.85 bits per heavy atom. The van der Waals surface area contributed by atoms with Gasteiger partial charge in [-0.3, -0.25) is 14.8 Å². The van der Waals surface area contributed by atoms with Crippen molar-refractivity contribution in [3.63, 3.8) is 0 Å². The number of aryl methyl sites for hydroxylation is 2. The molecule has 8 nitrogen and oxygen atoms in total. The summed E-state index contributed by atoms with van der Waals surface area (Å²) >= 11 is 0. The number of nitriles is 1. The molecule has 0 fully saturated rings. The SMILES string of the molecule is Cc1ccc(NS(=O)(=O)c2ccc(N[C@H](C)CC#N)c([N+](=O)[O-])c2)c(C)c1. The molecule has 0 heterocycles. The van der Waals surface area contributed by atoms with Crippen LogP contribution in [0, 0.1) is 35.3 Å². The zero-order valence-electron chi connectivity index (χ0n) is 15.2. The topological polar surface area (TPSA) is 125 Å². The molecule has 2 aromatic carbocycles. The molecule has 2 N–H and O–H groups in total. The van der Waals surface area contributed by atoms with E-state index in [0.29, 0.717) is 5.69 Å². The van der Waals surface area contributed by atoms with E-state index in [1.807, 2.05) is 19.1 Å². The van der Waals surface area contributed by atoms with Gasteiger partial charge in [0.25, 0.3) is 15.7 Å². The summed E-state index contributed by atoms with van der Waals surface area (Å²) in [5.74, 6) is 0. The number of nitro benzene ring substituents is 1. The number of anilines is 2. The van der Waals surface area contributed by atoms with Crippen molar-refractivity contribution in [1.82, 2.24) is 0 Å². The van der Waals surface area contributed by atoms with Gasteiger partial charge in [-0.25, -0.2) is 8.42 Å². The van der Waals surface area contributed by atoms with E-state index in [1.165, 1.54) is 12.1 Å². The van der Waals surface area contributed by atoms with Crippen molar-refractivity contribution < 1.29 is 13.3 Å². The van der Waals surface area contributed by atoms with Crippen molar-refractivity contribution in [1.29, 1.82) is 5.26 Å². The number of nitrogens with one attached hydrogen (secondary N) is 2. The second kappa shape index (κ2) is 8.05. The van der Waals surface area contributed by atoms with Gasteiger partial charge in [-0.05, 0) is 44.5 Å². The van der Waals surface area contributed by atoms with Crippen LogP contribution in [0.25, 0.3) is 0 Å². The van der Waals surface area contributed by atoms with Crippen LogP contribution in [0.2, 0.25) is 0 Å². The van der Waals surface area contributed by atoms with Gasteiger partial charge in [-0.1, -0.05) is 17.7 Å². The molecule has 0 radical (unpaired) electrons. The lowest BCUT2D eigenvalue weighted by Gasteiger charge is -2.14. The summed E-state index contributed by atoms with van der Waals surface area (Å²) in [4.78, 5) is 10.5. The Kier molecular flexibility index (Phi) is 6.02. The number of sulfonamides is 1. The number of nitro groups is 1.